The molecule has 0 unspecified atom stereocenters. The van der Waals surface area contributed by atoms with Crippen molar-refractivity contribution in [2.24, 2.45) is 0 Å². The second-order valence-electron chi connectivity index (χ2n) is 4.46. The summed E-state index contributed by atoms with van der Waals surface area (Å²) in [6.45, 7) is 6.07. The second kappa shape index (κ2) is 6.39. The van der Waals surface area contributed by atoms with Gasteiger partial charge in [0, 0.05) is 11.1 Å². The number of allylic oxidation sites excluding steroid dienone is 6. The van der Waals surface area contributed by atoms with E-state index in [4.69, 9.17) is 5.41 Å². The van der Waals surface area contributed by atoms with E-state index in [1.54, 1.807) is 11.8 Å². The second-order valence-corrected chi connectivity index (χ2v) is 5.41. The Bertz CT molecular complexity index is 591. The first-order valence-corrected chi connectivity index (χ1v) is 7.08. The topological polar surface area (TPSA) is 23.9 Å². The van der Waals surface area contributed by atoms with Gasteiger partial charge < -0.3 is 5.41 Å². The predicted molar refractivity (Wildman–Crippen MR) is 85.9 cm³/mol. The molecular weight excluding hydrogens is 250 g/mol. The van der Waals surface area contributed by atoms with Gasteiger partial charge in [-0.3, -0.25) is 0 Å². The number of hydrogen-bond acceptors (Lipinski definition) is 2. The lowest BCUT2D eigenvalue weighted by atomic mass is 10.0. The third kappa shape index (κ3) is 3.58. The van der Waals surface area contributed by atoms with Crippen LogP contribution in [0.5, 0.6) is 0 Å². The number of rotatable bonds is 3. The lowest BCUT2D eigenvalue weighted by Gasteiger charge is -2.11. The maximum atomic E-state index is 7.18. The minimum Gasteiger partial charge on any atom is -0.308 e. The molecule has 0 radical (unpaired) electrons. The van der Waals surface area contributed by atoms with Gasteiger partial charge in [0.25, 0.3) is 0 Å². The van der Waals surface area contributed by atoms with Crippen LogP contribution in [0.2, 0.25) is 0 Å². The van der Waals surface area contributed by atoms with Crippen molar-refractivity contribution in [2.75, 3.05) is 0 Å². The summed E-state index contributed by atoms with van der Waals surface area (Å²) in [4.78, 5) is 1.24. The Morgan fingerprint density at radius 3 is 3.00 bits per heavy atom. The van der Waals surface area contributed by atoms with Gasteiger partial charge in [-0.15, -0.1) is 0 Å². The molecule has 0 saturated carbocycles. The Kier molecular flexibility index (Phi) is 4.58. The zero-order chi connectivity index (χ0) is 13.7. The van der Waals surface area contributed by atoms with Crippen LogP contribution in [-0.2, 0) is 6.42 Å². The fourth-order valence-electron chi connectivity index (χ4n) is 1.82. The van der Waals surface area contributed by atoms with Gasteiger partial charge >= 0.3 is 0 Å². The third-order valence-electron chi connectivity index (χ3n) is 2.96. The molecule has 0 fully saturated rings. The molecule has 96 valence electrons. The van der Waals surface area contributed by atoms with Gasteiger partial charge in [0.1, 0.15) is 0 Å². The molecule has 19 heavy (non-hydrogen) atoms. The van der Waals surface area contributed by atoms with E-state index in [1.165, 1.54) is 22.2 Å². The molecule has 0 aromatic heterocycles. The molecule has 0 bridgehead atoms. The molecule has 2 heteroatoms. The summed E-state index contributed by atoms with van der Waals surface area (Å²) in [5, 5.41) is 9.27. The maximum absolute atomic E-state index is 7.18. The monoisotopic (exact) mass is 267 g/mol. The number of benzene rings is 1. The molecule has 1 N–H and O–H groups in total. The van der Waals surface area contributed by atoms with Crippen molar-refractivity contribution in [3.05, 3.63) is 71.2 Å². The van der Waals surface area contributed by atoms with E-state index in [0.29, 0.717) is 0 Å². The Labute approximate surface area is 118 Å². The van der Waals surface area contributed by atoms with Crippen LogP contribution < -0.4 is 0 Å². The Morgan fingerprint density at radius 1 is 1.37 bits per heavy atom. The summed E-state index contributed by atoms with van der Waals surface area (Å²) in [7, 11) is 0. The van der Waals surface area contributed by atoms with Crippen molar-refractivity contribution in [2.45, 2.75) is 18.2 Å². The quantitative estimate of drug-likeness (QED) is 0.764. The molecule has 2 rings (SSSR count). The maximum Gasteiger partial charge on any atom is 0.0203 e. The van der Waals surface area contributed by atoms with Crippen molar-refractivity contribution in [3.8, 4) is 0 Å². The SMILES string of the molecule is C=C1/C=C\C=C/Sc2ccc(C/C=C(/C)C=N)cc21. The largest absolute Gasteiger partial charge is 0.308 e. The van der Waals surface area contributed by atoms with E-state index in [0.717, 1.165) is 17.6 Å². The summed E-state index contributed by atoms with van der Waals surface area (Å²) >= 11 is 1.72. The van der Waals surface area contributed by atoms with Crippen molar-refractivity contribution < 1.29 is 0 Å². The van der Waals surface area contributed by atoms with E-state index >= 15 is 0 Å². The fourth-order valence-corrected chi connectivity index (χ4v) is 2.59. The lowest BCUT2D eigenvalue weighted by molar-refractivity contribution is 1.22. The summed E-state index contributed by atoms with van der Waals surface area (Å²) in [5.74, 6) is 0. The van der Waals surface area contributed by atoms with E-state index < -0.39 is 0 Å². The first kappa shape index (κ1) is 13.6. The summed E-state index contributed by atoms with van der Waals surface area (Å²) in [6, 6.07) is 6.49. The standard InChI is InChI=1S/C17H17NS/c1-13(12-18)6-7-15-8-9-17-16(11-15)14(2)5-3-4-10-19-17/h3-6,8-12,18H,2,7H2,1H3/b5-3-,10-4-,13-6-,18-12?. The van der Waals surface area contributed by atoms with E-state index in [-0.39, 0.29) is 0 Å². The van der Waals surface area contributed by atoms with Gasteiger partial charge in [-0.05, 0) is 53.2 Å². The van der Waals surface area contributed by atoms with Crippen LogP contribution >= 0.6 is 11.8 Å². The van der Waals surface area contributed by atoms with Crippen LogP contribution in [0, 0.1) is 5.41 Å². The van der Waals surface area contributed by atoms with E-state index in [2.05, 4.69) is 36.3 Å². The van der Waals surface area contributed by atoms with Crippen LogP contribution in [0.4, 0.5) is 0 Å². The minimum atomic E-state index is 0.853. The van der Waals surface area contributed by atoms with Gasteiger partial charge in [-0.1, -0.05) is 48.7 Å². The molecule has 1 aliphatic heterocycles. The molecule has 0 atom stereocenters. The van der Waals surface area contributed by atoms with Crippen LogP contribution in [0.1, 0.15) is 18.1 Å². The molecule has 0 spiro atoms. The van der Waals surface area contributed by atoms with Crippen LogP contribution in [0.15, 0.2) is 65.0 Å². The molecule has 1 aromatic carbocycles. The Balaban J connectivity index is 2.31. The summed E-state index contributed by atoms with van der Waals surface area (Å²) < 4.78 is 0. The van der Waals surface area contributed by atoms with Crippen LogP contribution in [0.3, 0.4) is 0 Å². The highest BCUT2D eigenvalue weighted by Gasteiger charge is 2.06. The normalized spacial score (nSPS) is 18.2. The zero-order valence-corrected chi connectivity index (χ0v) is 11.8. The van der Waals surface area contributed by atoms with Gasteiger partial charge in [0.05, 0.1) is 0 Å². The number of thioether (sulfide) groups is 1. The predicted octanol–water partition coefficient (Wildman–Crippen LogP) is 5.01. The fraction of sp³-hybridized carbons (Fsp3) is 0.118. The van der Waals surface area contributed by atoms with Crippen molar-refractivity contribution in [3.63, 3.8) is 0 Å². The Morgan fingerprint density at radius 2 is 2.21 bits per heavy atom. The lowest BCUT2D eigenvalue weighted by Crippen LogP contribution is -1.90. The van der Waals surface area contributed by atoms with E-state index in [1.807, 2.05) is 25.2 Å². The molecule has 0 saturated heterocycles. The van der Waals surface area contributed by atoms with Crippen molar-refractivity contribution in [1.29, 1.82) is 5.41 Å². The Hall–Kier alpha value is -1.80. The molecule has 1 nitrogen and oxygen atoms in total. The van der Waals surface area contributed by atoms with Gasteiger partial charge in [0.15, 0.2) is 0 Å². The molecule has 1 aliphatic rings. The van der Waals surface area contributed by atoms with Gasteiger partial charge in [-0.25, -0.2) is 0 Å². The third-order valence-corrected chi connectivity index (χ3v) is 3.86. The molecule has 1 heterocycles. The number of hydrogen-bond donors (Lipinski definition) is 1. The smallest absolute Gasteiger partial charge is 0.0203 e. The molecule has 0 amide bonds. The van der Waals surface area contributed by atoms with Crippen molar-refractivity contribution >= 4 is 23.5 Å². The van der Waals surface area contributed by atoms with Crippen LogP contribution in [0.25, 0.3) is 5.57 Å². The zero-order valence-electron chi connectivity index (χ0n) is 11.0. The summed E-state index contributed by atoms with van der Waals surface area (Å²) in [5.41, 5.74) is 4.48. The number of nitrogens with one attached hydrogen (secondary N) is 1. The average molecular weight is 267 g/mol. The average Bonchev–Trinajstić information content (AvgIpc) is 2.42. The van der Waals surface area contributed by atoms with Crippen LogP contribution in [-0.4, -0.2) is 6.21 Å². The molecule has 0 aliphatic carbocycles. The molecule has 1 aromatic rings. The highest BCUT2D eigenvalue weighted by molar-refractivity contribution is 8.02. The first-order chi connectivity index (χ1) is 9.20. The molecular formula is C17H17NS. The summed E-state index contributed by atoms with van der Waals surface area (Å²) in [6.07, 6.45) is 10.4. The first-order valence-electron chi connectivity index (χ1n) is 6.20. The number of fused-ring (bicyclic) bond motifs is 1. The van der Waals surface area contributed by atoms with E-state index in [9.17, 15) is 0 Å². The highest BCUT2D eigenvalue weighted by atomic mass is 32.2. The van der Waals surface area contributed by atoms with Gasteiger partial charge in [0.2, 0.25) is 0 Å². The van der Waals surface area contributed by atoms with Crippen molar-refractivity contribution in [1.82, 2.24) is 0 Å². The van der Waals surface area contributed by atoms with Gasteiger partial charge in [-0.2, -0.15) is 0 Å². The minimum absolute atomic E-state index is 0.853. The highest BCUT2D eigenvalue weighted by Crippen LogP contribution is 2.31.